The van der Waals surface area contributed by atoms with E-state index in [0.29, 0.717) is 5.75 Å². The van der Waals surface area contributed by atoms with Crippen LogP contribution in [-0.2, 0) is 4.74 Å². The Kier molecular flexibility index (Phi) is 4.57. The fourth-order valence-electron chi connectivity index (χ4n) is 2.48. The summed E-state index contributed by atoms with van der Waals surface area (Å²) in [6.45, 7) is -0.490. The first-order valence-electron chi connectivity index (χ1n) is 6.76. The van der Waals surface area contributed by atoms with Gasteiger partial charge in [0.25, 0.3) is 0 Å². The second kappa shape index (κ2) is 6.30. The van der Waals surface area contributed by atoms with Gasteiger partial charge in [-0.1, -0.05) is 12.1 Å². The van der Waals surface area contributed by atoms with E-state index in [9.17, 15) is 20.4 Å². The van der Waals surface area contributed by atoms with Gasteiger partial charge in [-0.05, 0) is 34.7 Å². The smallest absolute Gasteiger partial charge is 0.229 e. The van der Waals surface area contributed by atoms with E-state index in [2.05, 4.69) is 27.6 Å². The number of benzene rings is 1. The number of halogens is 1. The minimum absolute atomic E-state index is 0.487. The topological polar surface area (TPSA) is 115 Å². The Balaban J connectivity index is 1.89. The number of aromatic nitrogens is 1. The maximum atomic E-state index is 10.0. The first-order chi connectivity index (χ1) is 10.5. The lowest BCUT2D eigenvalue weighted by molar-refractivity contribution is -0.277. The van der Waals surface area contributed by atoms with E-state index in [4.69, 9.17) is 9.47 Å². The normalized spacial score (nSPS) is 32.3. The maximum absolute atomic E-state index is 10.0. The van der Waals surface area contributed by atoms with Gasteiger partial charge in [0.2, 0.25) is 6.29 Å². The number of fused-ring (bicyclic) bond motifs is 1. The lowest BCUT2D eigenvalue weighted by Crippen LogP contribution is -2.60. The van der Waals surface area contributed by atoms with Crippen molar-refractivity contribution in [3.63, 3.8) is 0 Å². The predicted molar refractivity (Wildman–Crippen MR) is 85.4 cm³/mol. The molecule has 1 saturated heterocycles. The summed E-state index contributed by atoms with van der Waals surface area (Å²) < 4.78 is 11.8. The van der Waals surface area contributed by atoms with E-state index >= 15 is 0 Å². The molecule has 2 aromatic rings. The number of aromatic amines is 1. The van der Waals surface area contributed by atoms with Crippen LogP contribution in [0.3, 0.4) is 0 Å². The van der Waals surface area contributed by atoms with Gasteiger partial charge in [0, 0.05) is 5.39 Å². The maximum Gasteiger partial charge on any atom is 0.229 e. The van der Waals surface area contributed by atoms with E-state index < -0.39 is 37.3 Å². The molecule has 120 valence electrons. The number of hydrogen-bond acceptors (Lipinski definition) is 6. The molecule has 0 bridgehead atoms. The number of aliphatic hydroxyl groups is 4. The van der Waals surface area contributed by atoms with Crippen molar-refractivity contribution in [1.82, 2.24) is 4.98 Å². The van der Waals surface area contributed by atoms with Crippen molar-refractivity contribution in [1.29, 1.82) is 0 Å². The average molecular weight is 421 g/mol. The summed E-state index contributed by atoms with van der Waals surface area (Å²) in [6.07, 6.45) is -6.47. The Morgan fingerprint density at radius 2 is 1.86 bits per heavy atom. The highest BCUT2D eigenvalue weighted by atomic mass is 127. The zero-order chi connectivity index (χ0) is 15.9. The Morgan fingerprint density at radius 3 is 2.59 bits per heavy atom. The van der Waals surface area contributed by atoms with Crippen LogP contribution in [0.4, 0.5) is 0 Å². The summed E-state index contributed by atoms with van der Waals surface area (Å²) in [6, 6.07) is 7.48. The molecule has 0 aliphatic carbocycles. The predicted octanol–water partition coefficient (Wildman–Crippen LogP) is -0.0488. The molecule has 22 heavy (non-hydrogen) atoms. The van der Waals surface area contributed by atoms with Gasteiger partial charge < -0.3 is 34.9 Å². The molecule has 0 radical (unpaired) electrons. The Hall–Kier alpha value is -0.910. The van der Waals surface area contributed by atoms with Crippen LogP contribution in [0, 0.1) is 3.70 Å². The lowest BCUT2D eigenvalue weighted by Gasteiger charge is -2.39. The molecule has 0 amide bonds. The zero-order valence-corrected chi connectivity index (χ0v) is 13.5. The number of nitrogens with one attached hydrogen (secondary N) is 1. The van der Waals surface area contributed by atoms with Crippen molar-refractivity contribution < 1.29 is 29.9 Å². The molecular weight excluding hydrogens is 405 g/mol. The van der Waals surface area contributed by atoms with Gasteiger partial charge in [-0.3, -0.25) is 0 Å². The summed E-state index contributed by atoms with van der Waals surface area (Å²) >= 11 is 2.06. The van der Waals surface area contributed by atoms with Gasteiger partial charge in [-0.2, -0.15) is 0 Å². The first kappa shape index (κ1) is 16.0. The zero-order valence-electron chi connectivity index (χ0n) is 11.4. The van der Waals surface area contributed by atoms with Crippen molar-refractivity contribution >= 4 is 33.5 Å². The van der Waals surface area contributed by atoms with Crippen molar-refractivity contribution in [2.45, 2.75) is 30.7 Å². The van der Waals surface area contributed by atoms with Crippen LogP contribution in [0.5, 0.6) is 5.75 Å². The summed E-state index contributed by atoms with van der Waals surface area (Å²) in [7, 11) is 0. The number of hydrogen-bond donors (Lipinski definition) is 5. The molecule has 5 atom stereocenters. The molecule has 1 aliphatic rings. The second-order valence-corrected chi connectivity index (χ2v) is 6.21. The van der Waals surface area contributed by atoms with E-state index in [1.807, 2.05) is 24.3 Å². The molecule has 5 N–H and O–H groups in total. The molecular formula is C14H16INO6. The summed E-state index contributed by atoms with van der Waals surface area (Å²) in [5.74, 6) is 0.487. The third-order valence-electron chi connectivity index (χ3n) is 3.70. The number of aliphatic hydroxyl groups excluding tert-OH is 4. The Bertz CT molecular complexity index is 660. The van der Waals surface area contributed by atoms with Crippen molar-refractivity contribution in [3.05, 3.63) is 28.0 Å². The first-order valence-corrected chi connectivity index (χ1v) is 7.84. The van der Waals surface area contributed by atoms with Crippen LogP contribution < -0.4 is 4.74 Å². The minimum Gasteiger partial charge on any atom is -0.459 e. The van der Waals surface area contributed by atoms with Crippen LogP contribution in [0.2, 0.25) is 0 Å². The summed E-state index contributed by atoms with van der Waals surface area (Å²) in [5, 5.41) is 39.6. The number of para-hydroxylation sites is 1. The van der Waals surface area contributed by atoms with Crippen LogP contribution in [0.15, 0.2) is 24.3 Å². The SMILES string of the molecule is OC[C@H]1O[C@@H](Oc2c(I)[nH]c3ccccc23)[C@H](O)[C@@H](O)[C@H]1O. The highest BCUT2D eigenvalue weighted by Gasteiger charge is 2.45. The third kappa shape index (κ3) is 2.70. The van der Waals surface area contributed by atoms with Gasteiger partial charge in [-0.25, -0.2) is 0 Å². The molecule has 0 spiro atoms. The molecule has 1 aromatic carbocycles. The molecule has 2 heterocycles. The van der Waals surface area contributed by atoms with E-state index in [0.717, 1.165) is 14.6 Å². The van der Waals surface area contributed by atoms with Crippen LogP contribution >= 0.6 is 22.6 Å². The molecule has 3 rings (SSSR count). The van der Waals surface area contributed by atoms with Gasteiger partial charge in [0.05, 0.1) is 12.1 Å². The summed E-state index contributed by atoms with van der Waals surface area (Å²) in [4.78, 5) is 3.14. The average Bonchev–Trinajstić information content (AvgIpc) is 2.83. The van der Waals surface area contributed by atoms with Gasteiger partial charge >= 0.3 is 0 Å². The van der Waals surface area contributed by atoms with E-state index in [1.165, 1.54) is 0 Å². The highest BCUT2D eigenvalue weighted by Crippen LogP contribution is 2.33. The third-order valence-corrected chi connectivity index (χ3v) is 4.46. The fraction of sp³-hybridized carbons (Fsp3) is 0.429. The largest absolute Gasteiger partial charge is 0.459 e. The monoisotopic (exact) mass is 421 g/mol. The quantitative estimate of drug-likeness (QED) is 0.444. The van der Waals surface area contributed by atoms with E-state index in [-0.39, 0.29) is 0 Å². The van der Waals surface area contributed by atoms with Gasteiger partial charge in [0.1, 0.15) is 28.1 Å². The number of ether oxygens (including phenoxy) is 2. The van der Waals surface area contributed by atoms with E-state index in [1.54, 1.807) is 0 Å². The lowest BCUT2D eigenvalue weighted by atomic mass is 9.99. The van der Waals surface area contributed by atoms with Crippen molar-refractivity contribution in [3.8, 4) is 5.75 Å². The molecule has 1 fully saturated rings. The minimum atomic E-state index is -1.46. The number of rotatable bonds is 3. The second-order valence-electron chi connectivity index (χ2n) is 5.13. The van der Waals surface area contributed by atoms with Gasteiger partial charge in [-0.15, -0.1) is 0 Å². The fourth-order valence-corrected chi connectivity index (χ4v) is 3.19. The molecule has 7 nitrogen and oxygen atoms in total. The summed E-state index contributed by atoms with van der Waals surface area (Å²) in [5.41, 5.74) is 0.867. The number of H-pyrrole nitrogens is 1. The Morgan fingerprint density at radius 1 is 1.14 bits per heavy atom. The van der Waals surface area contributed by atoms with Crippen LogP contribution in [0.25, 0.3) is 10.9 Å². The van der Waals surface area contributed by atoms with Gasteiger partial charge in [0.15, 0.2) is 5.75 Å². The highest BCUT2D eigenvalue weighted by molar-refractivity contribution is 14.1. The van der Waals surface area contributed by atoms with Crippen LogP contribution in [-0.4, -0.2) is 62.7 Å². The molecule has 8 heteroatoms. The van der Waals surface area contributed by atoms with Crippen LogP contribution in [0.1, 0.15) is 0 Å². The van der Waals surface area contributed by atoms with Crippen molar-refractivity contribution in [2.75, 3.05) is 6.61 Å². The van der Waals surface area contributed by atoms with Crippen molar-refractivity contribution in [2.24, 2.45) is 0 Å². The molecule has 1 aromatic heterocycles. The molecule has 1 aliphatic heterocycles. The standard InChI is InChI=1S/C14H16INO6/c15-13-12(6-3-1-2-4-7(6)16-13)22-14-11(20)10(19)9(18)8(5-17)21-14/h1-4,8-11,14,16-20H,5H2/t8-,9+,10+,11-,14+/m1/s1. The molecule has 0 unspecified atom stereocenters. The Labute approximate surface area is 139 Å². The molecule has 0 saturated carbocycles.